The number of nitrogens with one attached hydrogen (secondary N) is 1. The van der Waals surface area contributed by atoms with Crippen molar-refractivity contribution < 1.29 is 5.11 Å². The molecule has 4 nitrogen and oxygen atoms in total. The van der Waals surface area contributed by atoms with Crippen LogP contribution in [0, 0.1) is 0 Å². The third kappa shape index (κ3) is 3.57. The van der Waals surface area contributed by atoms with Crippen LogP contribution in [0.5, 0.6) is 0 Å². The maximum Gasteiger partial charge on any atom is 0.148 e. The molecule has 1 rings (SSSR count). The van der Waals surface area contributed by atoms with Gasteiger partial charge in [0.2, 0.25) is 0 Å². The van der Waals surface area contributed by atoms with Gasteiger partial charge in [-0.05, 0) is 12.8 Å². The largest absolute Gasteiger partial charge is 0.396 e. The summed E-state index contributed by atoms with van der Waals surface area (Å²) in [5, 5.41) is 12.1. The molecule has 1 heterocycles. The third-order valence-corrected chi connectivity index (χ3v) is 1.82. The Morgan fingerprint density at radius 2 is 2.31 bits per heavy atom. The Morgan fingerprint density at radius 3 is 3.00 bits per heavy atom. The molecule has 0 radical (unpaired) electrons. The molecule has 0 saturated heterocycles. The van der Waals surface area contributed by atoms with Gasteiger partial charge >= 0.3 is 0 Å². The number of nitrogens with zero attached hydrogens (tertiary/aromatic N) is 2. The summed E-state index contributed by atoms with van der Waals surface area (Å²) in [4.78, 5) is 7.73. The number of aliphatic hydroxyl groups excluding tert-OH is 1. The van der Waals surface area contributed by atoms with Crippen LogP contribution < -0.4 is 5.32 Å². The lowest BCUT2D eigenvalue weighted by Gasteiger charge is -2.04. The fourth-order valence-corrected chi connectivity index (χ4v) is 1.06. The van der Waals surface area contributed by atoms with Crippen LogP contribution in [-0.4, -0.2) is 28.2 Å². The van der Waals surface area contributed by atoms with Crippen LogP contribution in [-0.2, 0) is 0 Å². The fourth-order valence-electron chi connectivity index (χ4n) is 0.886. The van der Waals surface area contributed by atoms with E-state index in [9.17, 15) is 0 Å². The van der Waals surface area contributed by atoms with Crippen molar-refractivity contribution in [1.82, 2.24) is 9.97 Å². The molecule has 0 atom stereocenters. The summed E-state index contributed by atoms with van der Waals surface area (Å²) in [5.41, 5.74) is 0. The highest BCUT2D eigenvalue weighted by Gasteiger charge is 1.98. The minimum Gasteiger partial charge on any atom is -0.396 e. The summed E-state index contributed by atoms with van der Waals surface area (Å²) in [6.45, 7) is 0.983. The van der Waals surface area contributed by atoms with Crippen LogP contribution in [0.3, 0.4) is 0 Å². The maximum absolute atomic E-state index is 8.54. The zero-order valence-electron chi connectivity index (χ0n) is 7.20. The first-order valence-corrected chi connectivity index (χ1v) is 4.52. The summed E-state index contributed by atoms with van der Waals surface area (Å²) in [6, 6.07) is 0. The smallest absolute Gasteiger partial charge is 0.148 e. The monoisotopic (exact) mass is 201 g/mol. The number of unbranched alkanes of at least 4 members (excludes halogenated alkanes) is 1. The van der Waals surface area contributed by atoms with Crippen molar-refractivity contribution in [3.8, 4) is 0 Å². The molecule has 1 aromatic heterocycles. The van der Waals surface area contributed by atoms with Gasteiger partial charge in [-0.3, -0.25) is 0 Å². The van der Waals surface area contributed by atoms with Gasteiger partial charge in [0, 0.05) is 13.2 Å². The van der Waals surface area contributed by atoms with Crippen LogP contribution >= 0.6 is 11.6 Å². The van der Waals surface area contributed by atoms with E-state index in [1.165, 1.54) is 6.33 Å². The van der Waals surface area contributed by atoms with Crippen molar-refractivity contribution >= 4 is 17.4 Å². The topological polar surface area (TPSA) is 58.0 Å². The Morgan fingerprint density at radius 1 is 1.46 bits per heavy atom. The molecule has 1 aromatic rings. The minimum absolute atomic E-state index is 0.221. The lowest BCUT2D eigenvalue weighted by molar-refractivity contribution is 0.286. The van der Waals surface area contributed by atoms with E-state index in [2.05, 4.69) is 15.3 Å². The average Bonchev–Trinajstić information content (AvgIpc) is 2.15. The molecule has 0 aliphatic heterocycles. The van der Waals surface area contributed by atoms with Crippen LogP contribution in [0.25, 0.3) is 0 Å². The van der Waals surface area contributed by atoms with Gasteiger partial charge in [0.15, 0.2) is 0 Å². The van der Waals surface area contributed by atoms with Gasteiger partial charge in [-0.2, -0.15) is 0 Å². The predicted octanol–water partition coefficient (Wildman–Crippen LogP) is 1.31. The summed E-state index contributed by atoms with van der Waals surface area (Å²) in [6.07, 6.45) is 4.68. The molecule has 0 spiro atoms. The van der Waals surface area contributed by atoms with E-state index in [1.807, 2.05) is 0 Å². The van der Waals surface area contributed by atoms with Gasteiger partial charge in [-0.25, -0.2) is 9.97 Å². The second-order valence-corrected chi connectivity index (χ2v) is 2.98. The molecular weight excluding hydrogens is 190 g/mol. The molecule has 72 valence electrons. The van der Waals surface area contributed by atoms with Crippen LogP contribution in [0.4, 0.5) is 5.82 Å². The highest BCUT2D eigenvalue weighted by molar-refractivity contribution is 6.32. The molecule has 0 aliphatic carbocycles. The number of rotatable bonds is 5. The van der Waals surface area contributed by atoms with E-state index in [0.29, 0.717) is 10.8 Å². The number of hydrogen-bond donors (Lipinski definition) is 2. The predicted molar refractivity (Wildman–Crippen MR) is 51.9 cm³/mol. The number of aliphatic hydroxyl groups is 1. The first-order valence-electron chi connectivity index (χ1n) is 4.15. The quantitative estimate of drug-likeness (QED) is 0.706. The zero-order valence-corrected chi connectivity index (χ0v) is 7.96. The Bertz CT molecular complexity index is 257. The van der Waals surface area contributed by atoms with Gasteiger partial charge in [-0.1, -0.05) is 11.6 Å². The average molecular weight is 202 g/mol. The molecule has 0 bridgehead atoms. The van der Waals surface area contributed by atoms with Crippen LogP contribution in [0.15, 0.2) is 12.5 Å². The Kier molecular flexibility index (Phi) is 4.49. The highest BCUT2D eigenvalue weighted by Crippen LogP contribution is 2.15. The summed E-state index contributed by atoms with van der Waals surface area (Å²) >= 11 is 5.80. The zero-order chi connectivity index (χ0) is 9.52. The second-order valence-electron chi connectivity index (χ2n) is 2.58. The molecular formula is C8H12ClN3O. The summed E-state index contributed by atoms with van der Waals surface area (Å²) in [5.74, 6) is 0.648. The molecule has 13 heavy (non-hydrogen) atoms. The standard InChI is InChI=1S/C8H12ClN3O/c9-7-5-10-6-12-8(7)11-3-1-2-4-13/h5-6,13H,1-4H2,(H,10,11,12). The van der Waals surface area contributed by atoms with E-state index in [4.69, 9.17) is 16.7 Å². The molecule has 2 N–H and O–H groups in total. The number of anilines is 1. The van der Waals surface area contributed by atoms with Gasteiger partial charge in [-0.15, -0.1) is 0 Å². The molecule has 0 fully saturated rings. The first kappa shape index (κ1) is 10.2. The lowest BCUT2D eigenvalue weighted by Crippen LogP contribution is -2.04. The van der Waals surface area contributed by atoms with Crippen molar-refractivity contribution in [3.63, 3.8) is 0 Å². The van der Waals surface area contributed by atoms with Gasteiger partial charge in [0.05, 0.1) is 6.20 Å². The third-order valence-electron chi connectivity index (χ3n) is 1.54. The lowest BCUT2D eigenvalue weighted by atomic mass is 10.3. The minimum atomic E-state index is 0.221. The van der Waals surface area contributed by atoms with E-state index in [0.717, 1.165) is 19.4 Å². The second kappa shape index (κ2) is 5.72. The summed E-state index contributed by atoms with van der Waals surface area (Å²) < 4.78 is 0. The number of halogens is 1. The Balaban J connectivity index is 2.32. The van der Waals surface area contributed by atoms with E-state index in [-0.39, 0.29) is 6.61 Å². The molecule has 0 aliphatic rings. The highest BCUT2D eigenvalue weighted by atomic mass is 35.5. The number of aromatic nitrogens is 2. The van der Waals surface area contributed by atoms with Crippen LogP contribution in [0.2, 0.25) is 5.02 Å². The van der Waals surface area contributed by atoms with E-state index >= 15 is 0 Å². The Hall–Kier alpha value is -0.870. The molecule has 0 unspecified atom stereocenters. The molecule has 0 aromatic carbocycles. The van der Waals surface area contributed by atoms with Gasteiger partial charge < -0.3 is 10.4 Å². The van der Waals surface area contributed by atoms with Crippen molar-refractivity contribution in [1.29, 1.82) is 0 Å². The van der Waals surface area contributed by atoms with Crippen molar-refractivity contribution in [2.24, 2.45) is 0 Å². The maximum atomic E-state index is 8.54. The van der Waals surface area contributed by atoms with Crippen molar-refractivity contribution in [2.75, 3.05) is 18.5 Å². The summed E-state index contributed by atoms with van der Waals surface area (Å²) in [7, 11) is 0. The molecule has 0 saturated carbocycles. The van der Waals surface area contributed by atoms with Crippen molar-refractivity contribution in [3.05, 3.63) is 17.5 Å². The normalized spacial score (nSPS) is 10.0. The van der Waals surface area contributed by atoms with Crippen molar-refractivity contribution in [2.45, 2.75) is 12.8 Å². The first-order chi connectivity index (χ1) is 6.34. The van der Waals surface area contributed by atoms with E-state index in [1.54, 1.807) is 6.20 Å². The van der Waals surface area contributed by atoms with Gasteiger partial charge in [0.25, 0.3) is 0 Å². The van der Waals surface area contributed by atoms with Gasteiger partial charge in [0.1, 0.15) is 17.2 Å². The van der Waals surface area contributed by atoms with E-state index < -0.39 is 0 Å². The fraction of sp³-hybridized carbons (Fsp3) is 0.500. The number of hydrogen-bond acceptors (Lipinski definition) is 4. The molecule has 0 amide bonds. The Labute approximate surface area is 82.0 Å². The van der Waals surface area contributed by atoms with Crippen LogP contribution in [0.1, 0.15) is 12.8 Å². The SMILES string of the molecule is OCCCCNc1ncncc1Cl. The molecule has 5 heteroatoms.